The number of rotatable bonds is 4. The lowest BCUT2D eigenvalue weighted by atomic mass is 10.1. The van der Waals surface area contributed by atoms with Gasteiger partial charge in [0.2, 0.25) is 5.95 Å². The molecule has 0 aliphatic heterocycles. The maximum absolute atomic E-state index is 13.0. The molecule has 0 atom stereocenters. The van der Waals surface area contributed by atoms with Crippen LogP contribution < -0.4 is 5.43 Å². The number of hydrogen-bond acceptors (Lipinski definition) is 4. The molecule has 0 aliphatic rings. The standard InChI is InChI=1S/C21H14ClFN4/c22-16-8-11-19-18(12-16)20(15-4-2-1-3-5-15)26-21(25-19)27-24-13-14-6-9-17(23)10-7-14/h1-13H,(H,25,26,27)/b24-13+. The quantitative estimate of drug-likeness (QED) is 0.376. The number of nitrogens with zero attached hydrogens (tertiary/aromatic N) is 3. The van der Waals surface area contributed by atoms with Crippen molar-refractivity contribution in [2.75, 3.05) is 5.43 Å². The highest BCUT2D eigenvalue weighted by atomic mass is 35.5. The minimum atomic E-state index is -0.288. The second kappa shape index (κ2) is 7.51. The summed E-state index contributed by atoms with van der Waals surface area (Å²) in [4.78, 5) is 9.10. The maximum Gasteiger partial charge on any atom is 0.244 e. The molecule has 132 valence electrons. The van der Waals surface area contributed by atoms with Gasteiger partial charge in [-0.1, -0.05) is 54.1 Å². The number of nitrogens with one attached hydrogen (secondary N) is 1. The summed E-state index contributed by atoms with van der Waals surface area (Å²) in [6.07, 6.45) is 1.58. The highest BCUT2D eigenvalue weighted by Crippen LogP contribution is 2.29. The van der Waals surface area contributed by atoms with Crippen LogP contribution >= 0.6 is 11.6 Å². The summed E-state index contributed by atoms with van der Waals surface area (Å²) in [7, 11) is 0. The highest BCUT2D eigenvalue weighted by Gasteiger charge is 2.10. The first-order chi connectivity index (χ1) is 13.2. The van der Waals surface area contributed by atoms with Gasteiger partial charge in [-0.15, -0.1) is 0 Å². The van der Waals surface area contributed by atoms with Gasteiger partial charge in [-0.05, 0) is 35.9 Å². The Morgan fingerprint density at radius 2 is 1.70 bits per heavy atom. The fraction of sp³-hybridized carbons (Fsp3) is 0. The van der Waals surface area contributed by atoms with Crippen molar-refractivity contribution >= 4 is 34.7 Å². The predicted molar refractivity (Wildman–Crippen MR) is 108 cm³/mol. The molecule has 3 aromatic carbocycles. The van der Waals surface area contributed by atoms with E-state index in [0.29, 0.717) is 11.0 Å². The molecule has 4 nitrogen and oxygen atoms in total. The van der Waals surface area contributed by atoms with E-state index in [2.05, 4.69) is 20.5 Å². The molecule has 27 heavy (non-hydrogen) atoms. The number of benzene rings is 3. The van der Waals surface area contributed by atoms with Crippen molar-refractivity contribution in [2.24, 2.45) is 5.10 Å². The number of hydrazone groups is 1. The third kappa shape index (κ3) is 3.93. The molecule has 1 N–H and O–H groups in total. The Hall–Kier alpha value is -3.31. The topological polar surface area (TPSA) is 50.2 Å². The zero-order valence-corrected chi connectivity index (χ0v) is 14.9. The average Bonchev–Trinajstić information content (AvgIpc) is 2.70. The van der Waals surface area contributed by atoms with E-state index in [1.165, 1.54) is 12.1 Å². The summed E-state index contributed by atoms with van der Waals surface area (Å²) < 4.78 is 13.0. The Balaban J connectivity index is 1.71. The van der Waals surface area contributed by atoms with Gasteiger partial charge in [0.15, 0.2) is 0 Å². The van der Waals surface area contributed by atoms with Crippen molar-refractivity contribution in [3.8, 4) is 11.3 Å². The lowest BCUT2D eigenvalue weighted by Gasteiger charge is -2.09. The summed E-state index contributed by atoms with van der Waals surface area (Å²) in [6.45, 7) is 0. The Bertz CT molecular complexity index is 1110. The minimum Gasteiger partial charge on any atom is -0.245 e. The van der Waals surface area contributed by atoms with Crippen molar-refractivity contribution in [3.05, 3.63) is 89.2 Å². The average molecular weight is 377 g/mol. The van der Waals surface area contributed by atoms with Crippen LogP contribution in [0.2, 0.25) is 5.02 Å². The molecule has 0 unspecified atom stereocenters. The Labute approximate surface area is 160 Å². The summed E-state index contributed by atoms with van der Waals surface area (Å²) in [6, 6.07) is 21.3. The van der Waals surface area contributed by atoms with E-state index < -0.39 is 0 Å². The van der Waals surface area contributed by atoms with Crippen molar-refractivity contribution in [3.63, 3.8) is 0 Å². The van der Waals surface area contributed by atoms with Gasteiger partial charge in [0.25, 0.3) is 0 Å². The van der Waals surface area contributed by atoms with E-state index in [4.69, 9.17) is 11.6 Å². The van der Waals surface area contributed by atoms with E-state index in [1.807, 2.05) is 42.5 Å². The molecule has 0 bridgehead atoms. The van der Waals surface area contributed by atoms with E-state index >= 15 is 0 Å². The van der Waals surface area contributed by atoms with Crippen LogP contribution in [0.15, 0.2) is 77.9 Å². The molecule has 0 amide bonds. The SMILES string of the molecule is Fc1ccc(/C=N/Nc2nc(-c3ccccc3)c3cc(Cl)ccc3n2)cc1. The van der Waals surface area contributed by atoms with Crippen LogP contribution in [0.3, 0.4) is 0 Å². The van der Waals surface area contributed by atoms with Crippen LogP contribution in [0, 0.1) is 5.82 Å². The van der Waals surface area contributed by atoms with Gasteiger partial charge in [0, 0.05) is 16.0 Å². The normalized spacial score (nSPS) is 11.2. The predicted octanol–water partition coefficient (Wildman–Crippen LogP) is 5.54. The smallest absolute Gasteiger partial charge is 0.244 e. The molecular weight excluding hydrogens is 363 g/mol. The third-order valence-electron chi connectivity index (χ3n) is 3.95. The van der Waals surface area contributed by atoms with Gasteiger partial charge < -0.3 is 0 Å². The van der Waals surface area contributed by atoms with Crippen molar-refractivity contribution < 1.29 is 4.39 Å². The first-order valence-corrected chi connectivity index (χ1v) is 8.64. The van der Waals surface area contributed by atoms with Gasteiger partial charge in [0.1, 0.15) is 5.82 Å². The lowest BCUT2D eigenvalue weighted by Crippen LogP contribution is -2.00. The summed E-state index contributed by atoms with van der Waals surface area (Å²) in [5, 5.41) is 5.64. The molecular formula is C21H14ClFN4. The van der Waals surface area contributed by atoms with E-state index in [-0.39, 0.29) is 5.82 Å². The van der Waals surface area contributed by atoms with Crippen LogP contribution in [-0.4, -0.2) is 16.2 Å². The zero-order chi connectivity index (χ0) is 18.6. The molecule has 0 aliphatic carbocycles. The number of anilines is 1. The van der Waals surface area contributed by atoms with Crippen molar-refractivity contribution in [2.45, 2.75) is 0 Å². The van der Waals surface area contributed by atoms with Gasteiger partial charge in [-0.25, -0.2) is 19.8 Å². The van der Waals surface area contributed by atoms with Gasteiger partial charge in [0.05, 0.1) is 17.4 Å². The van der Waals surface area contributed by atoms with Gasteiger partial charge >= 0.3 is 0 Å². The monoisotopic (exact) mass is 376 g/mol. The molecule has 0 radical (unpaired) electrons. The largest absolute Gasteiger partial charge is 0.245 e. The molecule has 4 rings (SSSR count). The van der Waals surface area contributed by atoms with Crippen LogP contribution in [-0.2, 0) is 0 Å². The van der Waals surface area contributed by atoms with Crippen molar-refractivity contribution in [1.82, 2.24) is 9.97 Å². The Kier molecular flexibility index (Phi) is 4.77. The summed E-state index contributed by atoms with van der Waals surface area (Å²) >= 11 is 6.16. The first-order valence-electron chi connectivity index (χ1n) is 8.26. The molecule has 4 aromatic rings. The fourth-order valence-electron chi connectivity index (χ4n) is 2.68. The molecule has 0 spiro atoms. The molecule has 1 heterocycles. The fourth-order valence-corrected chi connectivity index (χ4v) is 2.85. The summed E-state index contributed by atoms with van der Waals surface area (Å²) in [5.41, 5.74) is 6.09. The van der Waals surface area contributed by atoms with Crippen LogP contribution in [0.5, 0.6) is 0 Å². The minimum absolute atomic E-state index is 0.288. The Morgan fingerprint density at radius 1 is 0.926 bits per heavy atom. The van der Waals surface area contributed by atoms with Gasteiger partial charge in [-0.3, -0.25) is 0 Å². The Morgan fingerprint density at radius 3 is 2.48 bits per heavy atom. The van der Waals surface area contributed by atoms with E-state index in [1.54, 1.807) is 24.4 Å². The number of fused-ring (bicyclic) bond motifs is 1. The van der Waals surface area contributed by atoms with E-state index in [0.717, 1.165) is 27.7 Å². The third-order valence-corrected chi connectivity index (χ3v) is 4.19. The first kappa shape index (κ1) is 17.1. The number of halogens is 2. The van der Waals surface area contributed by atoms with Crippen LogP contribution in [0.1, 0.15) is 5.56 Å². The van der Waals surface area contributed by atoms with Crippen LogP contribution in [0.25, 0.3) is 22.2 Å². The summed E-state index contributed by atoms with van der Waals surface area (Å²) in [5.74, 6) is 0.0752. The van der Waals surface area contributed by atoms with Crippen LogP contribution in [0.4, 0.5) is 10.3 Å². The molecule has 0 fully saturated rings. The molecule has 0 saturated carbocycles. The molecule has 6 heteroatoms. The van der Waals surface area contributed by atoms with E-state index in [9.17, 15) is 4.39 Å². The molecule has 1 aromatic heterocycles. The highest BCUT2D eigenvalue weighted by molar-refractivity contribution is 6.31. The van der Waals surface area contributed by atoms with Gasteiger partial charge in [-0.2, -0.15) is 5.10 Å². The second-order valence-corrected chi connectivity index (χ2v) is 6.28. The second-order valence-electron chi connectivity index (χ2n) is 5.84. The number of hydrogen-bond donors (Lipinski definition) is 1. The van der Waals surface area contributed by atoms with Crippen molar-refractivity contribution in [1.29, 1.82) is 0 Å². The zero-order valence-electron chi connectivity index (χ0n) is 14.1. The molecule has 0 saturated heterocycles. The lowest BCUT2D eigenvalue weighted by molar-refractivity contribution is 0.628. The number of aromatic nitrogens is 2. The maximum atomic E-state index is 13.0.